The summed E-state index contributed by atoms with van der Waals surface area (Å²) in [6, 6.07) is 5.30. The molecular weight excluding hydrogens is 189 g/mol. The number of alkyl halides is 1. The van der Waals surface area contributed by atoms with Crippen LogP contribution in [0.15, 0.2) is 18.2 Å². The first-order chi connectivity index (χ1) is 6.13. The van der Waals surface area contributed by atoms with E-state index in [0.717, 1.165) is 12.0 Å². The number of hydrogen-bond acceptors (Lipinski definition) is 1. The van der Waals surface area contributed by atoms with Crippen molar-refractivity contribution < 1.29 is 4.39 Å². The fourth-order valence-electron chi connectivity index (χ4n) is 1.19. The molecule has 0 aliphatic carbocycles. The van der Waals surface area contributed by atoms with Crippen molar-refractivity contribution in [2.75, 3.05) is 0 Å². The van der Waals surface area contributed by atoms with Gasteiger partial charge in [0.1, 0.15) is 6.67 Å². The number of rotatable bonds is 3. The minimum atomic E-state index is -0.474. The van der Waals surface area contributed by atoms with Crippen LogP contribution in [-0.2, 0) is 13.1 Å². The molecule has 0 heterocycles. The summed E-state index contributed by atoms with van der Waals surface area (Å²) in [5, 5.41) is 0.604. The smallest absolute Gasteiger partial charge is 0.115 e. The third-order valence-corrected chi connectivity index (χ3v) is 2.17. The highest BCUT2D eigenvalue weighted by Gasteiger charge is 2.03. The van der Waals surface area contributed by atoms with Crippen molar-refractivity contribution in [1.82, 2.24) is 0 Å². The molecule has 1 atom stereocenters. The van der Waals surface area contributed by atoms with E-state index in [4.69, 9.17) is 17.3 Å². The quantitative estimate of drug-likeness (QED) is 0.800. The number of nitrogens with two attached hydrogens (primary N) is 1. The number of halogens is 2. The summed E-state index contributed by atoms with van der Waals surface area (Å²) in [6.45, 7) is 1.44. The monoisotopic (exact) mass is 201 g/mol. The van der Waals surface area contributed by atoms with Gasteiger partial charge in [0.25, 0.3) is 0 Å². The van der Waals surface area contributed by atoms with Crippen LogP contribution in [-0.4, -0.2) is 6.04 Å². The van der Waals surface area contributed by atoms with Gasteiger partial charge in [-0.3, -0.25) is 0 Å². The van der Waals surface area contributed by atoms with E-state index in [2.05, 4.69) is 0 Å². The molecule has 1 nitrogen and oxygen atoms in total. The lowest BCUT2D eigenvalue weighted by atomic mass is 10.1. The van der Waals surface area contributed by atoms with Crippen LogP contribution in [0.3, 0.4) is 0 Å². The fourth-order valence-corrected chi connectivity index (χ4v) is 1.47. The Morgan fingerprint density at radius 1 is 1.54 bits per heavy atom. The maximum absolute atomic E-state index is 12.2. The normalized spacial score (nSPS) is 12.9. The molecule has 1 aromatic rings. The largest absolute Gasteiger partial charge is 0.328 e. The first-order valence-electron chi connectivity index (χ1n) is 4.22. The third-order valence-electron chi connectivity index (χ3n) is 1.81. The Bertz CT molecular complexity index is 286. The van der Waals surface area contributed by atoms with Gasteiger partial charge in [0.05, 0.1) is 0 Å². The van der Waals surface area contributed by atoms with Crippen molar-refractivity contribution in [3.05, 3.63) is 34.3 Å². The predicted octanol–water partition coefficient (Wildman–Crippen LogP) is 2.70. The Hall–Kier alpha value is -0.600. The predicted molar refractivity (Wildman–Crippen MR) is 53.6 cm³/mol. The molecule has 72 valence electrons. The van der Waals surface area contributed by atoms with Gasteiger partial charge < -0.3 is 5.73 Å². The molecule has 0 aromatic heterocycles. The number of benzene rings is 1. The first-order valence-corrected chi connectivity index (χ1v) is 4.60. The maximum Gasteiger partial charge on any atom is 0.115 e. The van der Waals surface area contributed by atoms with Gasteiger partial charge in [0, 0.05) is 11.1 Å². The SMILES string of the molecule is CC(N)Cc1ccc(CF)cc1Cl. The molecule has 0 saturated carbocycles. The molecule has 1 aromatic carbocycles. The summed E-state index contributed by atoms with van der Waals surface area (Å²) in [6.07, 6.45) is 0.728. The van der Waals surface area contributed by atoms with Crippen molar-refractivity contribution in [3.8, 4) is 0 Å². The van der Waals surface area contributed by atoms with Crippen LogP contribution in [0.5, 0.6) is 0 Å². The molecule has 0 spiro atoms. The summed E-state index contributed by atoms with van der Waals surface area (Å²) < 4.78 is 12.2. The molecule has 1 rings (SSSR count). The van der Waals surface area contributed by atoms with E-state index in [9.17, 15) is 4.39 Å². The van der Waals surface area contributed by atoms with Crippen LogP contribution >= 0.6 is 11.6 Å². The van der Waals surface area contributed by atoms with E-state index in [0.29, 0.717) is 10.6 Å². The molecule has 0 amide bonds. The zero-order valence-corrected chi connectivity index (χ0v) is 8.31. The van der Waals surface area contributed by atoms with Crippen molar-refractivity contribution >= 4 is 11.6 Å². The van der Waals surface area contributed by atoms with E-state index >= 15 is 0 Å². The van der Waals surface area contributed by atoms with E-state index in [1.807, 2.05) is 13.0 Å². The van der Waals surface area contributed by atoms with Gasteiger partial charge in [-0.2, -0.15) is 0 Å². The lowest BCUT2D eigenvalue weighted by Gasteiger charge is -2.07. The fraction of sp³-hybridized carbons (Fsp3) is 0.400. The van der Waals surface area contributed by atoms with Crippen molar-refractivity contribution in [2.45, 2.75) is 26.1 Å². The Morgan fingerprint density at radius 3 is 2.69 bits per heavy atom. The zero-order chi connectivity index (χ0) is 9.84. The number of hydrogen-bond donors (Lipinski definition) is 1. The van der Waals surface area contributed by atoms with Crippen LogP contribution in [0.25, 0.3) is 0 Å². The average Bonchev–Trinajstić information content (AvgIpc) is 2.08. The topological polar surface area (TPSA) is 26.0 Å². The van der Waals surface area contributed by atoms with E-state index < -0.39 is 6.67 Å². The molecule has 3 heteroatoms. The average molecular weight is 202 g/mol. The summed E-state index contributed by atoms with van der Waals surface area (Å²) in [5.74, 6) is 0. The molecule has 13 heavy (non-hydrogen) atoms. The summed E-state index contributed by atoms with van der Waals surface area (Å²) in [7, 11) is 0. The zero-order valence-electron chi connectivity index (χ0n) is 7.56. The standard InChI is InChI=1S/C10H13ClFN/c1-7(13)4-9-3-2-8(6-12)5-10(9)11/h2-3,5,7H,4,6,13H2,1H3. The minimum absolute atomic E-state index is 0.0775. The van der Waals surface area contributed by atoms with Gasteiger partial charge in [0.2, 0.25) is 0 Å². The van der Waals surface area contributed by atoms with Crippen LogP contribution in [0, 0.1) is 0 Å². The first kappa shape index (κ1) is 10.5. The highest BCUT2D eigenvalue weighted by atomic mass is 35.5. The van der Waals surface area contributed by atoms with Crippen LogP contribution < -0.4 is 5.73 Å². The lowest BCUT2D eigenvalue weighted by Crippen LogP contribution is -2.17. The van der Waals surface area contributed by atoms with Gasteiger partial charge >= 0.3 is 0 Å². The summed E-state index contributed by atoms with van der Waals surface area (Å²) >= 11 is 5.93. The van der Waals surface area contributed by atoms with Gasteiger partial charge in [-0.15, -0.1) is 0 Å². The van der Waals surface area contributed by atoms with E-state index in [1.54, 1.807) is 12.1 Å². The second kappa shape index (κ2) is 4.58. The summed E-state index contributed by atoms with van der Waals surface area (Å²) in [5.41, 5.74) is 7.22. The summed E-state index contributed by atoms with van der Waals surface area (Å²) in [4.78, 5) is 0. The molecule has 0 fully saturated rings. The van der Waals surface area contributed by atoms with E-state index in [-0.39, 0.29) is 6.04 Å². The minimum Gasteiger partial charge on any atom is -0.328 e. The van der Waals surface area contributed by atoms with Gasteiger partial charge in [0.15, 0.2) is 0 Å². The van der Waals surface area contributed by atoms with Crippen LogP contribution in [0.4, 0.5) is 4.39 Å². The molecule has 0 aliphatic heterocycles. The van der Waals surface area contributed by atoms with Crippen LogP contribution in [0.1, 0.15) is 18.1 Å². The van der Waals surface area contributed by atoms with E-state index in [1.165, 1.54) is 0 Å². The molecule has 0 bridgehead atoms. The van der Waals surface area contributed by atoms with Crippen LogP contribution in [0.2, 0.25) is 5.02 Å². The van der Waals surface area contributed by atoms with Crippen molar-refractivity contribution in [2.24, 2.45) is 5.73 Å². The third kappa shape index (κ3) is 2.98. The molecule has 2 N–H and O–H groups in total. The Balaban J connectivity index is 2.85. The molecule has 0 aliphatic rings. The van der Waals surface area contributed by atoms with Gasteiger partial charge in [-0.1, -0.05) is 23.7 Å². The second-order valence-corrected chi connectivity index (χ2v) is 3.65. The van der Waals surface area contributed by atoms with Crippen molar-refractivity contribution in [3.63, 3.8) is 0 Å². The Morgan fingerprint density at radius 2 is 2.23 bits per heavy atom. The van der Waals surface area contributed by atoms with Gasteiger partial charge in [-0.05, 0) is 30.5 Å². The Kier molecular flexibility index (Phi) is 3.70. The highest BCUT2D eigenvalue weighted by molar-refractivity contribution is 6.31. The van der Waals surface area contributed by atoms with Gasteiger partial charge in [-0.25, -0.2) is 4.39 Å². The molecule has 1 unspecified atom stereocenters. The Labute approximate surface area is 82.7 Å². The second-order valence-electron chi connectivity index (χ2n) is 3.24. The molecular formula is C10H13ClFN. The lowest BCUT2D eigenvalue weighted by molar-refractivity contribution is 0.485. The molecule has 0 radical (unpaired) electrons. The molecule has 0 saturated heterocycles. The highest BCUT2D eigenvalue weighted by Crippen LogP contribution is 2.19. The van der Waals surface area contributed by atoms with Crippen molar-refractivity contribution in [1.29, 1.82) is 0 Å². The maximum atomic E-state index is 12.2.